The first kappa shape index (κ1) is 14.3. The summed E-state index contributed by atoms with van der Waals surface area (Å²) in [4.78, 5) is 3.99. The number of piperazine rings is 1. The highest BCUT2D eigenvalue weighted by atomic mass is 35.5. The zero-order valence-corrected chi connectivity index (χ0v) is 13.1. The van der Waals surface area contributed by atoms with E-state index in [1.54, 1.807) is 11.3 Å². The Bertz CT molecular complexity index is 393. The van der Waals surface area contributed by atoms with Crippen LogP contribution in [0.2, 0.25) is 4.34 Å². The third-order valence-electron chi connectivity index (χ3n) is 4.07. The van der Waals surface area contributed by atoms with E-state index in [1.165, 1.54) is 17.7 Å². The van der Waals surface area contributed by atoms with Crippen molar-refractivity contribution in [1.29, 1.82) is 0 Å². The minimum absolute atomic E-state index is 0.257. The van der Waals surface area contributed by atoms with Crippen LogP contribution in [-0.4, -0.2) is 29.6 Å². The summed E-state index contributed by atoms with van der Waals surface area (Å²) in [6.45, 7) is 10.1. The van der Waals surface area contributed by atoms with Gasteiger partial charge in [-0.15, -0.1) is 11.3 Å². The second kappa shape index (κ2) is 5.91. The van der Waals surface area contributed by atoms with Crippen molar-refractivity contribution in [3.63, 3.8) is 0 Å². The summed E-state index contributed by atoms with van der Waals surface area (Å²) in [5.41, 5.74) is 0.257. The minimum atomic E-state index is 0.257. The largest absolute Gasteiger partial charge is 0.309 e. The van der Waals surface area contributed by atoms with Crippen molar-refractivity contribution < 1.29 is 0 Å². The second-order valence-electron chi connectivity index (χ2n) is 5.47. The van der Waals surface area contributed by atoms with Gasteiger partial charge in [0.1, 0.15) is 0 Å². The van der Waals surface area contributed by atoms with Gasteiger partial charge >= 0.3 is 0 Å². The average molecular weight is 287 g/mol. The fraction of sp³-hybridized carbons (Fsp3) is 0.714. The Labute approximate surface area is 119 Å². The summed E-state index contributed by atoms with van der Waals surface area (Å²) in [5, 5.41) is 3.70. The molecule has 1 aliphatic rings. The molecule has 1 aromatic rings. The predicted molar refractivity (Wildman–Crippen MR) is 80.5 cm³/mol. The van der Waals surface area contributed by atoms with Crippen LogP contribution in [0.25, 0.3) is 0 Å². The average Bonchev–Trinajstić information content (AvgIpc) is 2.75. The second-order valence-corrected chi connectivity index (χ2v) is 7.27. The van der Waals surface area contributed by atoms with Crippen LogP contribution in [0.4, 0.5) is 0 Å². The molecular formula is C14H23ClN2S. The summed E-state index contributed by atoms with van der Waals surface area (Å²) >= 11 is 7.72. The van der Waals surface area contributed by atoms with Crippen molar-refractivity contribution >= 4 is 22.9 Å². The van der Waals surface area contributed by atoms with Gasteiger partial charge in [-0.2, -0.15) is 0 Å². The number of hydrogen-bond acceptors (Lipinski definition) is 3. The smallest absolute Gasteiger partial charge is 0.0931 e. The van der Waals surface area contributed by atoms with Gasteiger partial charge in [-0.05, 0) is 31.9 Å². The number of nitrogens with zero attached hydrogens (tertiary/aromatic N) is 1. The maximum Gasteiger partial charge on any atom is 0.0931 e. The van der Waals surface area contributed by atoms with Crippen LogP contribution >= 0.6 is 22.9 Å². The quantitative estimate of drug-likeness (QED) is 0.907. The number of hydrogen-bond donors (Lipinski definition) is 1. The summed E-state index contributed by atoms with van der Waals surface area (Å²) in [5.74, 6) is 0. The van der Waals surface area contributed by atoms with Gasteiger partial charge < -0.3 is 5.32 Å². The zero-order chi connectivity index (χ0) is 13.2. The predicted octanol–water partition coefficient (Wildman–Crippen LogP) is 3.75. The topological polar surface area (TPSA) is 15.3 Å². The van der Waals surface area contributed by atoms with Crippen LogP contribution in [0.1, 0.15) is 38.5 Å². The van der Waals surface area contributed by atoms with Crippen LogP contribution in [-0.2, 0) is 6.54 Å². The Morgan fingerprint density at radius 1 is 1.50 bits per heavy atom. The minimum Gasteiger partial charge on any atom is -0.309 e. The van der Waals surface area contributed by atoms with Gasteiger partial charge in [0.25, 0.3) is 0 Å². The van der Waals surface area contributed by atoms with Gasteiger partial charge in [0.05, 0.1) is 4.34 Å². The van der Waals surface area contributed by atoms with Gasteiger partial charge in [0.15, 0.2) is 0 Å². The first-order chi connectivity index (χ1) is 8.56. The van der Waals surface area contributed by atoms with Crippen LogP contribution in [0.15, 0.2) is 12.1 Å². The van der Waals surface area contributed by atoms with Gasteiger partial charge in [-0.3, -0.25) is 4.90 Å². The van der Waals surface area contributed by atoms with Crippen LogP contribution in [0.3, 0.4) is 0 Å². The van der Waals surface area contributed by atoms with E-state index >= 15 is 0 Å². The lowest BCUT2D eigenvalue weighted by atomic mass is 9.93. The van der Waals surface area contributed by atoms with Crippen molar-refractivity contribution in [2.75, 3.05) is 13.1 Å². The van der Waals surface area contributed by atoms with E-state index in [4.69, 9.17) is 11.6 Å². The molecule has 2 heterocycles. The van der Waals surface area contributed by atoms with Gasteiger partial charge in [0, 0.05) is 36.1 Å². The van der Waals surface area contributed by atoms with Crippen molar-refractivity contribution in [3.8, 4) is 0 Å². The molecule has 1 aliphatic heterocycles. The molecule has 1 aromatic heterocycles. The molecule has 2 unspecified atom stereocenters. The fourth-order valence-corrected chi connectivity index (χ4v) is 3.70. The first-order valence-electron chi connectivity index (χ1n) is 6.79. The third-order valence-corrected chi connectivity index (χ3v) is 5.29. The maximum atomic E-state index is 6.02. The lowest BCUT2D eigenvalue weighted by molar-refractivity contribution is 0.0764. The molecule has 102 valence electrons. The summed E-state index contributed by atoms with van der Waals surface area (Å²) < 4.78 is 0.895. The Morgan fingerprint density at radius 2 is 2.28 bits per heavy atom. The van der Waals surface area contributed by atoms with E-state index in [2.05, 4.69) is 37.1 Å². The van der Waals surface area contributed by atoms with Crippen LogP contribution < -0.4 is 5.32 Å². The van der Waals surface area contributed by atoms with Crippen molar-refractivity contribution in [3.05, 3.63) is 21.3 Å². The van der Waals surface area contributed by atoms with Crippen LogP contribution in [0, 0.1) is 0 Å². The highest BCUT2D eigenvalue weighted by Gasteiger charge is 2.33. The van der Waals surface area contributed by atoms with Crippen molar-refractivity contribution in [2.45, 2.75) is 51.7 Å². The van der Waals surface area contributed by atoms with E-state index < -0.39 is 0 Å². The fourth-order valence-electron chi connectivity index (χ4n) is 2.59. The normalized spacial score (nSPS) is 29.7. The maximum absolute atomic E-state index is 6.02. The molecule has 0 bridgehead atoms. The number of nitrogens with one attached hydrogen (secondary N) is 1. The number of thiophene rings is 1. The van der Waals surface area contributed by atoms with E-state index in [0.717, 1.165) is 24.0 Å². The highest BCUT2D eigenvalue weighted by Crippen LogP contribution is 2.27. The molecule has 0 aromatic carbocycles. The zero-order valence-electron chi connectivity index (χ0n) is 11.5. The molecule has 0 spiro atoms. The SMILES string of the molecule is CCC1CNC(C)(CC)CN1Cc1ccc(Cl)s1. The lowest BCUT2D eigenvalue weighted by Gasteiger charge is -2.45. The molecule has 0 radical (unpaired) electrons. The molecular weight excluding hydrogens is 264 g/mol. The summed E-state index contributed by atoms with van der Waals surface area (Å²) in [6.07, 6.45) is 2.37. The van der Waals surface area contributed by atoms with Gasteiger partial charge in [-0.1, -0.05) is 25.4 Å². The van der Waals surface area contributed by atoms with Crippen molar-refractivity contribution in [2.24, 2.45) is 0 Å². The highest BCUT2D eigenvalue weighted by molar-refractivity contribution is 7.16. The molecule has 1 saturated heterocycles. The molecule has 1 N–H and O–H groups in total. The Hall–Kier alpha value is -0.0900. The standard InChI is InChI=1S/C14H23ClN2S/c1-4-11-8-16-14(3,5-2)10-17(11)9-12-6-7-13(15)18-12/h6-7,11,16H,4-5,8-10H2,1-3H3. The Balaban J connectivity index is 2.06. The molecule has 0 saturated carbocycles. The monoisotopic (exact) mass is 286 g/mol. The van der Waals surface area contributed by atoms with E-state index in [9.17, 15) is 0 Å². The molecule has 0 aliphatic carbocycles. The molecule has 2 nitrogen and oxygen atoms in total. The van der Waals surface area contributed by atoms with Gasteiger partial charge in [0.2, 0.25) is 0 Å². The molecule has 1 fully saturated rings. The summed E-state index contributed by atoms with van der Waals surface area (Å²) in [6, 6.07) is 4.81. The molecule has 0 amide bonds. The van der Waals surface area contributed by atoms with Crippen LogP contribution in [0.5, 0.6) is 0 Å². The molecule has 2 rings (SSSR count). The summed E-state index contributed by atoms with van der Waals surface area (Å²) in [7, 11) is 0. The first-order valence-corrected chi connectivity index (χ1v) is 7.99. The van der Waals surface area contributed by atoms with E-state index in [1.807, 2.05) is 6.07 Å². The van der Waals surface area contributed by atoms with E-state index in [0.29, 0.717) is 6.04 Å². The van der Waals surface area contributed by atoms with E-state index in [-0.39, 0.29) is 5.54 Å². The Kier molecular flexibility index (Phi) is 4.70. The molecule has 4 heteroatoms. The van der Waals surface area contributed by atoms with Gasteiger partial charge in [-0.25, -0.2) is 0 Å². The molecule has 18 heavy (non-hydrogen) atoms. The number of rotatable bonds is 4. The Morgan fingerprint density at radius 3 is 2.83 bits per heavy atom. The third kappa shape index (κ3) is 3.27. The number of halogens is 1. The van der Waals surface area contributed by atoms with Crippen molar-refractivity contribution in [1.82, 2.24) is 10.2 Å². The lowest BCUT2D eigenvalue weighted by Crippen LogP contribution is -2.62. The molecule has 2 atom stereocenters.